The SMILES string of the molecule is Oc1ccc(Cc2oncc2N2CCNCC2)cc1. The van der Waals surface area contributed by atoms with Crippen LogP contribution in [0.4, 0.5) is 5.69 Å². The van der Waals surface area contributed by atoms with E-state index in [0.29, 0.717) is 6.42 Å². The summed E-state index contributed by atoms with van der Waals surface area (Å²) in [5, 5.41) is 16.5. The standard InChI is InChI=1S/C14H17N3O2/c18-12-3-1-11(2-4-12)9-14-13(10-16-19-14)17-7-5-15-6-8-17/h1-4,10,15,18H,5-9H2. The minimum Gasteiger partial charge on any atom is -0.508 e. The zero-order valence-electron chi connectivity index (χ0n) is 10.7. The second-order valence-electron chi connectivity index (χ2n) is 4.71. The Bertz CT molecular complexity index is 530. The van der Waals surface area contributed by atoms with Crippen LogP contribution in [-0.2, 0) is 6.42 Å². The van der Waals surface area contributed by atoms with Crippen LogP contribution in [0.2, 0.25) is 0 Å². The summed E-state index contributed by atoms with van der Waals surface area (Å²) < 4.78 is 5.38. The van der Waals surface area contributed by atoms with Gasteiger partial charge in [-0.15, -0.1) is 0 Å². The average molecular weight is 259 g/mol. The fraction of sp³-hybridized carbons (Fsp3) is 0.357. The first-order chi connectivity index (χ1) is 9.33. The predicted octanol–water partition coefficient (Wildman–Crippen LogP) is 1.38. The van der Waals surface area contributed by atoms with Crippen molar-refractivity contribution in [2.45, 2.75) is 6.42 Å². The summed E-state index contributed by atoms with van der Waals surface area (Å²) in [6.07, 6.45) is 2.49. The summed E-state index contributed by atoms with van der Waals surface area (Å²) in [4.78, 5) is 2.29. The number of nitrogens with zero attached hydrogens (tertiary/aromatic N) is 2. The van der Waals surface area contributed by atoms with E-state index in [1.807, 2.05) is 12.1 Å². The molecule has 100 valence electrons. The largest absolute Gasteiger partial charge is 0.508 e. The van der Waals surface area contributed by atoms with E-state index in [-0.39, 0.29) is 5.75 Å². The van der Waals surface area contributed by atoms with Crippen LogP contribution in [-0.4, -0.2) is 36.4 Å². The maximum Gasteiger partial charge on any atom is 0.164 e. The first kappa shape index (κ1) is 12.0. The molecule has 0 spiro atoms. The molecule has 0 saturated carbocycles. The first-order valence-electron chi connectivity index (χ1n) is 6.50. The van der Waals surface area contributed by atoms with Crippen LogP contribution in [0.3, 0.4) is 0 Å². The van der Waals surface area contributed by atoms with Gasteiger partial charge < -0.3 is 19.8 Å². The molecule has 0 aliphatic carbocycles. The molecule has 1 aliphatic rings. The molecule has 0 radical (unpaired) electrons. The number of anilines is 1. The monoisotopic (exact) mass is 259 g/mol. The molecule has 1 aromatic carbocycles. The summed E-state index contributed by atoms with van der Waals surface area (Å²) in [7, 11) is 0. The second kappa shape index (κ2) is 5.32. The van der Waals surface area contributed by atoms with Gasteiger partial charge in [-0.1, -0.05) is 17.3 Å². The highest BCUT2D eigenvalue weighted by Gasteiger charge is 2.17. The number of hydrogen-bond donors (Lipinski definition) is 2. The van der Waals surface area contributed by atoms with Gasteiger partial charge >= 0.3 is 0 Å². The molecule has 2 aromatic rings. The van der Waals surface area contributed by atoms with E-state index in [2.05, 4.69) is 15.4 Å². The van der Waals surface area contributed by atoms with Crippen molar-refractivity contribution in [3.8, 4) is 5.75 Å². The molecular weight excluding hydrogens is 242 g/mol. The molecule has 2 heterocycles. The lowest BCUT2D eigenvalue weighted by Gasteiger charge is -2.28. The van der Waals surface area contributed by atoms with Crippen molar-refractivity contribution >= 4 is 5.69 Å². The number of phenolic OH excluding ortho intramolecular Hbond substituents is 1. The van der Waals surface area contributed by atoms with Crippen LogP contribution in [0, 0.1) is 0 Å². The van der Waals surface area contributed by atoms with Crippen molar-refractivity contribution in [2.75, 3.05) is 31.1 Å². The number of piperazine rings is 1. The maximum absolute atomic E-state index is 9.29. The first-order valence-corrected chi connectivity index (χ1v) is 6.50. The highest BCUT2D eigenvalue weighted by molar-refractivity contribution is 5.50. The van der Waals surface area contributed by atoms with Gasteiger partial charge in [-0.25, -0.2) is 0 Å². The lowest BCUT2D eigenvalue weighted by Crippen LogP contribution is -2.43. The topological polar surface area (TPSA) is 61.5 Å². The molecule has 5 heteroatoms. The number of benzene rings is 1. The summed E-state index contributed by atoms with van der Waals surface area (Å²) in [6.45, 7) is 3.93. The van der Waals surface area contributed by atoms with Crippen LogP contribution in [0.5, 0.6) is 5.75 Å². The third kappa shape index (κ3) is 2.71. The smallest absolute Gasteiger partial charge is 0.164 e. The maximum atomic E-state index is 9.29. The van der Waals surface area contributed by atoms with Gasteiger partial charge in [-0.05, 0) is 17.7 Å². The lowest BCUT2D eigenvalue weighted by molar-refractivity contribution is 0.389. The molecule has 5 nitrogen and oxygen atoms in total. The van der Waals surface area contributed by atoms with E-state index < -0.39 is 0 Å². The zero-order valence-corrected chi connectivity index (χ0v) is 10.7. The molecule has 3 rings (SSSR count). The summed E-state index contributed by atoms with van der Waals surface area (Å²) >= 11 is 0. The minimum absolute atomic E-state index is 0.281. The van der Waals surface area contributed by atoms with E-state index in [0.717, 1.165) is 43.2 Å². The number of nitrogens with one attached hydrogen (secondary N) is 1. The quantitative estimate of drug-likeness (QED) is 0.872. The number of aromatic hydroxyl groups is 1. The van der Waals surface area contributed by atoms with E-state index in [4.69, 9.17) is 4.52 Å². The van der Waals surface area contributed by atoms with E-state index in [9.17, 15) is 5.11 Å². The molecule has 1 fully saturated rings. The third-order valence-electron chi connectivity index (χ3n) is 3.38. The number of rotatable bonds is 3. The summed E-state index contributed by atoms with van der Waals surface area (Å²) in [6, 6.07) is 7.19. The summed E-state index contributed by atoms with van der Waals surface area (Å²) in [5.41, 5.74) is 2.18. The van der Waals surface area contributed by atoms with Gasteiger partial charge in [0.25, 0.3) is 0 Å². The molecular formula is C14H17N3O2. The van der Waals surface area contributed by atoms with Gasteiger partial charge in [-0.3, -0.25) is 0 Å². The van der Waals surface area contributed by atoms with E-state index in [1.54, 1.807) is 18.3 Å². The highest BCUT2D eigenvalue weighted by Crippen LogP contribution is 2.24. The van der Waals surface area contributed by atoms with Crippen LogP contribution in [0.1, 0.15) is 11.3 Å². The second-order valence-corrected chi connectivity index (χ2v) is 4.71. The molecule has 1 aliphatic heterocycles. The molecule has 0 bridgehead atoms. The Kier molecular flexibility index (Phi) is 3.37. The Morgan fingerprint density at radius 1 is 1.21 bits per heavy atom. The Morgan fingerprint density at radius 3 is 2.68 bits per heavy atom. The van der Waals surface area contributed by atoms with Gasteiger partial charge in [0.1, 0.15) is 11.4 Å². The van der Waals surface area contributed by atoms with Crippen molar-refractivity contribution in [3.63, 3.8) is 0 Å². The highest BCUT2D eigenvalue weighted by atomic mass is 16.5. The normalized spacial score (nSPS) is 15.7. The van der Waals surface area contributed by atoms with Crippen LogP contribution < -0.4 is 10.2 Å². The number of aromatic nitrogens is 1. The van der Waals surface area contributed by atoms with Crippen molar-refractivity contribution in [1.29, 1.82) is 0 Å². The number of hydrogen-bond acceptors (Lipinski definition) is 5. The summed E-state index contributed by atoms with van der Waals surface area (Å²) in [5.74, 6) is 1.16. The Morgan fingerprint density at radius 2 is 1.95 bits per heavy atom. The van der Waals surface area contributed by atoms with Crippen molar-refractivity contribution < 1.29 is 9.63 Å². The van der Waals surface area contributed by atoms with Crippen LogP contribution in [0.25, 0.3) is 0 Å². The molecule has 19 heavy (non-hydrogen) atoms. The molecule has 2 N–H and O–H groups in total. The lowest BCUT2D eigenvalue weighted by atomic mass is 10.1. The third-order valence-corrected chi connectivity index (χ3v) is 3.38. The van der Waals surface area contributed by atoms with Gasteiger partial charge in [0.2, 0.25) is 0 Å². The molecule has 0 atom stereocenters. The van der Waals surface area contributed by atoms with Gasteiger partial charge in [-0.2, -0.15) is 0 Å². The van der Waals surface area contributed by atoms with Gasteiger partial charge in [0.05, 0.1) is 6.20 Å². The van der Waals surface area contributed by atoms with Crippen molar-refractivity contribution in [2.24, 2.45) is 0 Å². The van der Waals surface area contributed by atoms with E-state index in [1.165, 1.54) is 0 Å². The van der Waals surface area contributed by atoms with Crippen molar-refractivity contribution in [1.82, 2.24) is 10.5 Å². The van der Waals surface area contributed by atoms with Crippen LogP contribution in [0.15, 0.2) is 35.0 Å². The van der Waals surface area contributed by atoms with Crippen molar-refractivity contribution in [3.05, 3.63) is 41.8 Å². The fourth-order valence-corrected chi connectivity index (χ4v) is 2.34. The Labute approximate surface area is 111 Å². The Hall–Kier alpha value is -2.01. The molecule has 1 aromatic heterocycles. The fourth-order valence-electron chi connectivity index (χ4n) is 2.34. The van der Waals surface area contributed by atoms with E-state index >= 15 is 0 Å². The number of phenols is 1. The minimum atomic E-state index is 0.281. The molecule has 0 unspecified atom stereocenters. The molecule has 1 saturated heterocycles. The van der Waals surface area contributed by atoms with Gasteiger partial charge in [0, 0.05) is 32.6 Å². The predicted molar refractivity (Wildman–Crippen MR) is 72.5 cm³/mol. The average Bonchev–Trinajstić information content (AvgIpc) is 2.90. The van der Waals surface area contributed by atoms with Gasteiger partial charge in [0.15, 0.2) is 5.76 Å². The molecule has 0 amide bonds. The van der Waals surface area contributed by atoms with Crippen LogP contribution >= 0.6 is 0 Å². The zero-order chi connectivity index (χ0) is 13.1. The Balaban J connectivity index is 1.77.